The van der Waals surface area contributed by atoms with Gasteiger partial charge in [-0.3, -0.25) is 4.79 Å². The van der Waals surface area contributed by atoms with Crippen LogP contribution in [-0.2, 0) is 20.9 Å². The number of benzene rings is 1. The molecular formula is C22H29NO4. The van der Waals surface area contributed by atoms with Gasteiger partial charge in [0.15, 0.2) is 0 Å². The number of amides is 2. The molecule has 0 radical (unpaired) electrons. The molecule has 1 aromatic rings. The molecule has 2 rings (SSSR count). The van der Waals surface area contributed by atoms with Crippen LogP contribution in [0.15, 0.2) is 55.3 Å². The summed E-state index contributed by atoms with van der Waals surface area (Å²) in [6.07, 6.45) is 4.70. The molecule has 1 fully saturated rings. The Bertz CT molecular complexity index is 694. The standard InChI is InChI=1S/C22H29NO4/c1-6-10-18(13-14-26-15-17-11-8-7-9-12-17)20(24)23-19(16(2)3)22(4,5)27-21(23)25/h6-9,11-14,16,18-19H,1,10,15H2,2-5H3/b14-13-/t18-,19-/m0/s1. The average Bonchev–Trinajstić information content (AvgIpc) is 2.86. The second-order valence-electron chi connectivity index (χ2n) is 7.62. The highest BCUT2D eigenvalue weighted by Gasteiger charge is 2.52. The van der Waals surface area contributed by atoms with Gasteiger partial charge in [-0.2, -0.15) is 0 Å². The first-order chi connectivity index (χ1) is 12.8. The Balaban J connectivity index is 2.10. The molecule has 0 aromatic heterocycles. The maximum Gasteiger partial charge on any atom is 0.417 e. The number of allylic oxidation sites excluding steroid dienone is 1. The third-order valence-electron chi connectivity index (χ3n) is 4.64. The van der Waals surface area contributed by atoms with E-state index in [-0.39, 0.29) is 17.9 Å². The normalized spacial score (nSPS) is 20.0. The number of nitrogens with zero attached hydrogens (tertiary/aromatic N) is 1. The molecule has 1 aliphatic rings. The van der Waals surface area contributed by atoms with E-state index in [9.17, 15) is 9.59 Å². The third kappa shape index (κ3) is 5.00. The van der Waals surface area contributed by atoms with Crippen molar-refractivity contribution in [1.82, 2.24) is 4.90 Å². The number of carbonyl (C=O) groups is 2. The molecular weight excluding hydrogens is 342 g/mol. The predicted octanol–water partition coefficient (Wildman–Crippen LogP) is 4.69. The Labute approximate surface area is 161 Å². The van der Waals surface area contributed by atoms with E-state index in [2.05, 4.69) is 6.58 Å². The van der Waals surface area contributed by atoms with Crippen LogP contribution in [-0.4, -0.2) is 28.5 Å². The van der Waals surface area contributed by atoms with Crippen LogP contribution in [0.2, 0.25) is 0 Å². The van der Waals surface area contributed by atoms with Crippen molar-refractivity contribution in [2.45, 2.75) is 52.4 Å². The Morgan fingerprint density at radius 1 is 1.33 bits per heavy atom. The van der Waals surface area contributed by atoms with Crippen LogP contribution >= 0.6 is 0 Å². The average molecular weight is 371 g/mol. The summed E-state index contributed by atoms with van der Waals surface area (Å²) in [4.78, 5) is 26.7. The van der Waals surface area contributed by atoms with Gasteiger partial charge in [-0.25, -0.2) is 9.69 Å². The fourth-order valence-corrected chi connectivity index (χ4v) is 3.58. The van der Waals surface area contributed by atoms with Gasteiger partial charge in [0.05, 0.1) is 18.2 Å². The van der Waals surface area contributed by atoms with Gasteiger partial charge in [0.25, 0.3) is 0 Å². The van der Waals surface area contributed by atoms with Gasteiger partial charge in [0.1, 0.15) is 12.2 Å². The summed E-state index contributed by atoms with van der Waals surface area (Å²) in [5, 5.41) is 0. The predicted molar refractivity (Wildman–Crippen MR) is 105 cm³/mol. The second-order valence-corrected chi connectivity index (χ2v) is 7.62. The lowest BCUT2D eigenvalue weighted by molar-refractivity contribution is -0.133. The monoisotopic (exact) mass is 371 g/mol. The molecule has 1 heterocycles. The molecule has 0 N–H and O–H groups in total. The van der Waals surface area contributed by atoms with E-state index in [4.69, 9.17) is 9.47 Å². The maximum atomic E-state index is 13.1. The number of hydrogen-bond acceptors (Lipinski definition) is 4. The molecule has 5 nitrogen and oxygen atoms in total. The van der Waals surface area contributed by atoms with Crippen LogP contribution in [0.25, 0.3) is 0 Å². The maximum absolute atomic E-state index is 13.1. The molecule has 1 saturated heterocycles. The van der Waals surface area contributed by atoms with Crippen molar-refractivity contribution >= 4 is 12.0 Å². The summed E-state index contributed by atoms with van der Waals surface area (Å²) in [6, 6.07) is 9.45. The molecule has 2 amide bonds. The number of hydrogen-bond donors (Lipinski definition) is 0. The minimum atomic E-state index is -0.715. The highest BCUT2D eigenvalue weighted by molar-refractivity contribution is 5.96. The number of carbonyl (C=O) groups excluding carboxylic acids is 2. The fraction of sp³-hybridized carbons (Fsp3) is 0.455. The lowest BCUT2D eigenvalue weighted by atomic mass is 9.88. The largest absolute Gasteiger partial charge is 0.497 e. The first kappa shape index (κ1) is 20.7. The zero-order chi connectivity index (χ0) is 20.0. The van der Waals surface area contributed by atoms with E-state index in [0.717, 1.165) is 5.56 Å². The number of ether oxygens (including phenoxy) is 2. The second kappa shape index (κ2) is 8.89. The van der Waals surface area contributed by atoms with Gasteiger partial charge in [0.2, 0.25) is 5.91 Å². The Hall–Kier alpha value is -2.56. The van der Waals surface area contributed by atoms with Crippen LogP contribution in [0.4, 0.5) is 4.79 Å². The van der Waals surface area contributed by atoms with Crippen LogP contribution < -0.4 is 0 Å². The summed E-state index contributed by atoms with van der Waals surface area (Å²) in [5.74, 6) is -0.734. The van der Waals surface area contributed by atoms with E-state index in [0.29, 0.717) is 13.0 Å². The van der Waals surface area contributed by atoms with Crippen LogP contribution in [0.5, 0.6) is 0 Å². The van der Waals surface area contributed by atoms with Crippen molar-refractivity contribution in [3.05, 3.63) is 60.9 Å². The first-order valence-corrected chi connectivity index (χ1v) is 9.27. The van der Waals surface area contributed by atoms with Gasteiger partial charge in [0, 0.05) is 0 Å². The van der Waals surface area contributed by atoms with E-state index in [1.165, 1.54) is 11.2 Å². The molecule has 5 heteroatoms. The van der Waals surface area contributed by atoms with Gasteiger partial charge < -0.3 is 9.47 Å². The molecule has 0 spiro atoms. The van der Waals surface area contributed by atoms with E-state index in [1.54, 1.807) is 12.2 Å². The zero-order valence-corrected chi connectivity index (χ0v) is 16.6. The molecule has 0 saturated carbocycles. The van der Waals surface area contributed by atoms with Gasteiger partial charge >= 0.3 is 6.09 Å². The summed E-state index contributed by atoms with van der Waals surface area (Å²) in [5.41, 5.74) is 0.325. The van der Waals surface area contributed by atoms with Crippen LogP contribution in [0, 0.1) is 11.8 Å². The van der Waals surface area contributed by atoms with Crippen LogP contribution in [0.3, 0.4) is 0 Å². The summed E-state index contributed by atoms with van der Waals surface area (Å²) < 4.78 is 11.0. The van der Waals surface area contributed by atoms with Crippen molar-refractivity contribution in [3.8, 4) is 0 Å². The molecule has 1 aliphatic heterocycles. The Morgan fingerprint density at radius 2 is 2.00 bits per heavy atom. The van der Waals surface area contributed by atoms with Crippen molar-refractivity contribution in [3.63, 3.8) is 0 Å². The zero-order valence-electron chi connectivity index (χ0n) is 16.6. The van der Waals surface area contributed by atoms with Gasteiger partial charge in [-0.15, -0.1) is 6.58 Å². The molecule has 0 bridgehead atoms. The lowest BCUT2D eigenvalue weighted by Crippen LogP contribution is -2.49. The van der Waals surface area contributed by atoms with E-state index < -0.39 is 17.6 Å². The minimum absolute atomic E-state index is 0.0816. The van der Waals surface area contributed by atoms with Crippen molar-refractivity contribution in [1.29, 1.82) is 0 Å². The molecule has 146 valence electrons. The quantitative estimate of drug-likeness (QED) is 0.491. The van der Waals surface area contributed by atoms with Crippen molar-refractivity contribution in [2.24, 2.45) is 11.8 Å². The Morgan fingerprint density at radius 3 is 2.59 bits per heavy atom. The topological polar surface area (TPSA) is 55.8 Å². The number of cyclic esters (lactones) is 1. The molecule has 1 aromatic carbocycles. The molecule has 0 aliphatic carbocycles. The van der Waals surface area contributed by atoms with Crippen LogP contribution in [0.1, 0.15) is 39.7 Å². The SMILES string of the molecule is C=CC[C@@H](/C=C\OCc1ccccc1)C(=O)N1C(=O)OC(C)(C)[C@@H]1C(C)C. The number of imide groups is 1. The molecule has 27 heavy (non-hydrogen) atoms. The summed E-state index contributed by atoms with van der Waals surface area (Å²) in [6.45, 7) is 11.8. The fourth-order valence-electron chi connectivity index (χ4n) is 3.58. The third-order valence-corrected chi connectivity index (χ3v) is 4.64. The lowest BCUT2D eigenvalue weighted by Gasteiger charge is -2.32. The highest BCUT2D eigenvalue weighted by atomic mass is 16.6. The van der Waals surface area contributed by atoms with Gasteiger partial charge in [-0.1, -0.05) is 50.3 Å². The minimum Gasteiger partial charge on any atom is -0.497 e. The first-order valence-electron chi connectivity index (χ1n) is 9.27. The highest BCUT2D eigenvalue weighted by Crippen LogP contribution is 2.35. The smallest absolute Gasteiger partial charge is 0.417 e. The molecule has 0 unspecified atom stereocenters. The number of rotatable bonds is 8. The summed E-state index contributed by atoms with van der Waals surface area (Å²) in [7, 11) is 0. The molecule has 2 atom stereocenters. The summed E-state index contributed by atoms with van der Waals surface area (Å²) >= 11 is 0. The van der Waals surface area contributed by atoms with Gasteiger partial charge in [-0.05, 0) is 37.8 Å². The van der Waals surface area contributed by atoms with E-state index in [1.807, 2.05) is 58.0 Å². The van der Waals surface area contributed by atoms with E-state index >= 15 is 0 Å². The Kier molecular flexibility index (Phi) is 6.83. The van der Waals surface area contributed by atoms with Crippen molar-refractivity contribution in [2.75, 3.05) is 0 Å². The van der Waals surface area contributed by atoms with Crippen molar-refractivity contribution < 1.29 is 19.1 Å².